The second-order valence-corrected chi connectivity index (χ2v) is 5.51. The molecule has 0 unspecified atom stereocenters. The molecule has 112 valence electrons. The number of aromatic nitrogens is 2. The van der Waals surface area contributed by atoms with Crippen LogP contribution >= 0.6 is 0 Å². The molecule has 0 aliphatic heterocycles. The first-order valence-corrected chi connectivity index (χ1v) is 7.67. The summed E-state index contributed by atoms with van der Waals surface area (Å²) < 4.78 is 1.67. The molecule has 1 N–H and O–H groups in total. The Morgan fingerprint density at radius 3 is 2.36 bits per heavy atom. The van der Waals surface area contributed by atoms with Crippen molar-refractivity contribution < 1.29 is 0 Å². The third kappa shape index (κ3) is 2.50. The third-order valence-corrected chi connectivity index (χ3v) is 3.91. The fourth-order valence-electron chi connectivity index (χ4n) is 2.78. The van der Waals surface area contributed by atoms with Crippen LogP contribution in [0.25, 0.3) is 16.9 Å². The van der Waals surface area contributed by atoms with Gasteiger partial charge in [0, 0.05) is 5.56 Å². The second-order valence-electron chi connectivity index (χ2n) is 5.51. The standard InChI is InChI=1S/C19H20N2O/c1-3-9-16-18(15-11-5-4-6-12-15)20-21(19(16)22)17-13-8-7-10-14(17)2/h4-8,10-13,20H,3,9H2,1-2H3. The van der Waals surface area contributed by atoms with Crippen LogP contribution in [0.4, 0.5) is 0 Å². The number of benzene rings is 2. The highest BCUT2D eigenvalue weighted by atomic mass is 16.1. The molecule has 0 spiro atoms. The number of nitrogens with one attached hydrogen (secondary N) is 1. The van der Waals surface area contributed by atoms with E-state index in [1.807, 2.05) is 61.5 Å². The SMILES string of the molecule is CCCc1c(-c2ccccc2)[nH]n(-c2ccccc2C)c1=O. The molecule has 0 radical (unpaired) electrons. The molecule has 0 fully saturated rings. The van der Waals surface area contributed by atoms with Gasteiger partial charge in [0.2, 0.25) is 0 Å². The molecule has 0 amide bonds. The van der Waals surface area contributed by atoms with Crippen molar-refractivity contribution in [3.8, 4) is 16.9 Å². The normalized spacial score (nSPS) is 10.8. The molecule has 22 heavy (non-hydrogen) atoms. The molecule has 0 aliphatic rings. The third-order valence-electron chi connectivity index (χ3n) is 3.91. The average molecular weight is 292 g/mol. The van der Waals surface area contributed by atoms with Gasteiger partial charge in [0.1, 0.15) is 0 Å². The van der Waals surface area contributed by atoms with Gasteiger partial charge in [-0.3, -0.25) is 9.89 Å². The first-order chi connectivity index (χ1) is 10.7. The van der Waals surface area contributed by atoms with Crippen molar-refractivity contribution in [1.29, 1.82) is 0 Å². The maximum atomic E-state index is 12.8. The lowest BCUT2D eigenvalue weighted by atomic mass is 10.1. The van der Waals surface area contributed by atoms with E-state index in [-0.39, 0.29) is 5.56 Å². The number of rotatable bonds is 4. The van der Waals surface area contributed by atoms with Crippen LogP contribution in [0.2, 0.25) is 0 Å². The Labute approximate surface area is 130 Å². The molecule has 0 aliphatic carbocycles. The van der Waals surface area contributed by atoms with Gasteiger partial charge < -0.3 is 0 Å². The smallest absolute Gasteiger partial charge is 0.275 e. The van der Waals surface area contributed by atoms with Crippen LogP contribution in [0.1, 0.15) is 24.5 Å². The van der Waals surface area contributed by atoms with E-state index >= 15 is 0 Å². The highest BCUT2D eigenvalue weighted by molar-refractivity contribution is 5.63. The monoisotopic (exact) mass is 292 g/mol. The van der Waals surface area contributed by atoms with Crippen molar-refractivity contribution >= 4 is 0 Å². The summed E-state index contributed by atoms with van der Waals surface area (Å²) >= 11 is 0. The molecule has 3 aromatic rings. The molecular formula is C19H20N2O. The Balaban J connectivity index is 2.22. The quantitative estimate of drug-likeness (QED) is 0.772. The van der Waals surface area contributed by atoms with E-state index in [1.165, 1.54) is 0 Å². The number of nitrogens with zero attached hydrogens (tertiary/aromatic N) is 1. The van der Waals surface area contributed by atoms with Crippen molar-refractivity contribution in [1.82, 2.24) is 9.78 Å². The predicted molar refractivity (Wildman–Crippen MR) is 90.6 cm³/mol. The minimum absolute atomic E-state index is 0.0509. The number of hydrogen-bond donors (Lipinski definition) is 1. The summed E-state index contributed by atoms with van der Waals surface area (Å²) in [7, 11) is 0. The Morgan fingerprint density at radius 1 is 1.00 bits per heavy atom. The summed E-state index contributed by atoms with van der Waals surface area (Å²) in [5, 5.41) is 3.31. The van der Waals surface area contributed by atoms with Crippen LogP contribution in [0, 0.1) is 6.92 Å². The van der Waals surface area contributed by atoms with Crippen molar-refractivity contribution in [2.24, 2.45) is 0 Å². The minimum Gasteiger partial charge on any atom is -0.290 e. The van der Waals surface area contributed by atoms with Crippen molar-refractivity contribution in [2.75, 3.05) is 0 Å². The van der Waals surface area contributed by atoms with Gasteiger partial charge in [-0.2, -0.15) is 0 Å². The zero-order valence-electron chi connectivity index (χ0n) is 13.0. The van der Waals surface area contributed by atoms with Crippen molar-refractivity contribution in [2.45, 2.75) is 26.7 Å². The lowest BCUT2D eigenvalue weighted by molar-refractivity contribution is 0.836. The molecule has 3 heteroatoms. The van der Waals surface area contributed by atoms with Gasteiger partial charge in [-0.1, -0.05) is 61.9 Å². The zero-order valence-corrected chi connectivity index (χ0v) is 13.0. The molecular weight excluding hydrogens is 272 g/mol. The highest BCUT2D eigenvalue weighted by Crippen LogP contribution is 2.22. The number of aromatic amines is 1. The Hall–Kier alpha value is -2.55. The number of para-hydroxylation sites is 1. The van der Waals surface area contributed by atoms with Crippen LogP contribution in [0.3, 0.4) is 0 Å². The van der Waals surface area contributed by atoms with Crippen LogP contribution < -0.4 is 5.56 Å². The molecule has 0 saturated heterocycles. The van der Waals surface area contributed by atoms with E-state index in [0.717, 1.165) is 40.9 Å². The predicted octanol–water partition coefficient (Wildman–Crippen LogP) is 4.09. The fourth-order valence-corrected chi connectivity index (χ4v) is 2.78. The van der Waals surface area contributed by atoms with Crippen molar-refractivity contribution in [3.05, 3.63) is 76.1 Å². The molecule has 0 saturated carbocycles. The van der Waals surface area contributed by atoms with Crippen LogP contribution in [-0.2, 0) is 6.42 Å². The van der Waals surface area contributed by atoms with E-state index < -0.39 is 0 Å². The fraction of sp³-hybridized carbons (Fsp3) is 0.211. The zero-order chi connectivity index (χ0) is 15.5. The largest absolute Gasteiger partial charge is 0.290 e. The van der Waals surface area contributed by atoms with Crippen LogP contribution in [0.15, 0.2) is 59.4 Å². The maximum absolute atomic E-state index is 12.8. The summed E-state index contributed by atoms with van der Waals surface area (Å²) in [5.41, 5.74) is 4.87. The number of hydrogen-bond acceptors (Lipinski definition) is 1. The second kappa shape index (κ2) is 6.06. The van der Waals surface area contributed by atoms with Gasteiger partial charge in [-0.25, -0.2) is 4.68 Å². The Bertz CT molecular complexity index is 828. The molecule has 0 bridgehead atoms. The maximum Gasteiger partial charge on any atom is 0.275 e. The number of H-pyrrole nitrogens is 1. The Morgan fingerprint density at radius 2 is 1.68 bits per heavy atom. The highest BCUT2D eigenvalue weighted by Gasteiger charge is 2.16. The van der Waals surface area contributed by atoms with Crippen LogP contribution in [0.5, 0.6) is 0 Å². The van der Waals surface area contributed by atoms with Gasteiger partial charge >= 0.3 is 0 Å². The van der Waals surface area contributed by atoms with Gasteiger partial charge in [-0.05, 0) is 30.5 Å². The molecule has 3 nitrogen and oxygen atoms in total. The van der Waals surface area contributed by atoms with Gasteiger partial charge in [0.05, 0.1) is 11.4 Å². The van der Waals surface area contributed by atoms with E-state index in [2.05, 4.69) is 12.0 Å². The van der Waals surface area contributed by atoms with E-state index in [4.69, 9.17) is 0 Å². The van der Waals surface area contributed by atoms with Crippen LogP contribution in [-0.4, -0.2) is 9.78 Å². The molecule has 1 aromatic heterocycles. The summed E-state index contributed by atoms with van der Waals surface area (Å²) in [4.78, 5) is 12.8. The molecule has 3 rings (SSSR count). The van der Waals surface area contributed by atoms with Crippen molar-refractivity contribution in [3.63, 3.8) is 0 Å². The summed E-state index contributed by atoms with van der Waals surface area (Å²) in [6, 6.07) is 18.0. The lowest BCUT2D eigenvalue weighted by Crippen LogP contribution is -2.18. The summed E-state index contributed by atoms with van der Waals surface area (Å²) in [6.45, 7) is 4.11. The van der Waals surface area contributed by atoms with Gasteiger partial charge in [0.25, 0.3) is 5.56 Å². The van der Waals surface area contributed by atoms with E-state index in [1.54, 1.807) is 4.68 Å². The summed E-state index contributed by atoms with van der Waals surface area (Å²) in [5.74, 6) is 0. The molecule has 0 atom stereocenters. The lowest BCUT2D eigenvalue weighted by Gasteiger charge is -2.05. The number of aryl methyl sites for hydroxylation is 1. The molecule has 2 aromatic carbocycles. The summed E-state index contributed by atoms with van der Waals surface area (Å²) in [6.07, 6.45) is 1.72. The van der Waals surface area contributed by atoms with E-state index in [9.17, 15) is 4.79 Å². The Kier molecular flexibility index (Phi) is 3.96. The minimum atomic E-state index is 0.0509. The average Bonchev–Trinajstić information content (AvgIpc) is 2.86. The van der Waals surface area contributed by atoms with Gasteiger partial charge in [-0.15, -0.1) is 0 Å². The first kappa shape index (κ1) is 14.4. The molecule has 1 heterocycles. The van der Waals surface area contributed by atoms with Gasteiger partial charge in [0.15, 0.2) is 0 Å². The topological polar surface area (TPSA) is 37.8 Å². The first-order valence-electron chi connectivity index (χ1n) is 7.67. The van der Waals surface area contributed by atoms with E-state index in [0.29, 0.717) is 0 Å².